The molecule has 2 aromatic rings. The van der Waals surface area contributed by atoms with Crippen LogP contribution in [0.1, 0.15) is 18.1 Å². The number of benzene rings is 2. The van der Waals surface area contributed by atoms with Crippen LogP contribution in [0, 0.1) is 3.57 Å². The van der Waals surface area contributed by atoms with E-state index in [2.05, 4.69) is 27.9 Å². The van der Waals surface area contributed by atoms with Gasteiger partial charge in [-0.1, -0.05) is 23.7 Å². The lowest BCUT2D eigenvalue weighted by molar-refractivity contribution is -0.140. The largest absolute Gasteiger partial charge is 0.490 e. The molecule has 1 aliphatic rings. The van der Waals surface area contributed by atoms with E-state index in [4.69, 9.17) is 26.2 Å². The van der Waals surface area contributed by atoms with Gasteiger partial charge in [-0.15, -0.1) is 0 Å². The molecule has 0 aliphatic carbocycles. The van der Waals surface area contributed by atoms with E-state index < -0.39 is 24.5 Å². The van der Waals surface area contributed by atoms with Crippen molar-refractivity contribution in [3.63, 3.8) is 0 Å². The number of nitrogens with zero attached hydrogens (tertiary/aromatic N) is 1. The minimum absolute atomic E-state index is 0.0580. The van der Waals surface area contributed by atoms with Crippen molar-refractivity contribution in [2.45, 2.75) is 13.5 Å². The third-order valence-electron chi connectivity index (χ3n) is 4.19. The third-order valence-corrected chi connectivity index (χ3v) is 5.19. The fourth-order valence-electron chi connectivity index (χ4n) is 2.83. The molecule has 0 saturated carbocycles. The zero-order valence-corrected chi connectivity index (χ0v) is 19.3. The lowest BCUT2D eigenvalue weighted by Gasteiger charge is -2.15. The van der Waals surface area contributed by atoms with E-state index in [1.165, 1.54) is 6.08 Å². The number of carbonyl (C=O) groups is 3. The molecule has 0 atom stereocenters. The summed E-state index contributed by atoms with van der Waals surface area (Å²) < 4.78 is 12.6. The highest BCUT2D eigenvalue weighted by Gasteiger charge is 2.34. The van der Waals surface area contributed by atoms with Gasteiger partial charge in [0.05, 0.1) is 11.6 Å². The summed E-state index contributed by atoms with van der Waals surface area (Å²) in [7, 11) is 0. The molecule has 1 fully saturated rings. The Balaban J connectivity index is 1.85. The summed E-state index contributed by atoms with van der Waals surface area (Å²) in [5.74, 6) is -1.29. The summed E-state index contributed by atoms with van der Waals surface area (Å²) in [5.41, 5.74) is 1.39. The topological polar surface area (TPSA) is 105 Å². The van der Waals surface area contributed by atoms with Gasteiger partial charge in [0, 0.05) is 3.57 Å². The molecule has 8 nitrogen and oxygen atoms in total. The maximum absolute atomic E-state index is 12.3. The van der Waals surface area contributed by atoms with Crippen molar-refractivity contribution < 1.29 is 29.0 Å². The SMILES string of the molecule is CCOc1cc(/C=C2/NC(=O)N(CC(=O)O)C2=O)cc(Cl)c1OCc1ccc(I)cc1. The Bertz CT molecular complexity index is 1050. The molecule has 0 bridgehead atoms. The minimum atomic E-state index is -1.29. The van der Waals surface area contributed by atoms with E-state index in [0.717, 1.165) is 9.13 Å². The number of carboxylic acid groups (broad SMARTS) is 1. The number of aliphatic carboxylic acids is 1. The van der Waals surface area contributed by atoms with Gasteiger partial charge in [0.1, 0.15) is 18.8 Å². The highest BCUT2D eigenvalue weighted by molar-refractivity contribution is 14.1. The zero-order chi connectivity index (χ0) is 22.5. The van der Waals surface area contributed by atoms with Crippen LogP contribution in [0.2, 0.25) is 5.02 Å². The summed E-state index contributed by atoms with van der Waals surface area (Å²) in [4.78, 5) is 35.7. The van der Waals surface area contributed by atoms with Crippen molar-refractivity contribution in [3.8, 4) is 11.5 Å². The Labute approximate surface area is 196 Å². The first-order valence-corrected chi connectivity index (χ1v) is 10.6. The number of amides is 3. The molecule has 0 spiro atoms. The summed E-state index contributed by atoms with van der Waals surface area (Å²) in [6.07, 6.45) is 1.40. The molecule has 1 aliphatic heterocycles. The average Bonchev–Trinajstić information content (AvgIpc) is 2.96. The number of hydrogen-bond acceptors (Lipinski definition) is 5. The minimum Gasteiger partial charge on any atom is -0.490 e. The van der Waals surface area contributed by atoms with Crippen LogP contribution < -0.4 is 14.8 Å². The van der Waals surface area contributed by atoms with Crippen LogP contribution in [0.3, 0.4) is 0 Å². The van der Waals surface area contributed by atoms with Crippen molar-refractivity contribution in [3.05, 3.63) is 61.8 Å². The molecule has 162 valence electrons. The number of halogens is 2. The normalized spacial score (nSPS) is 14.7. The van der Waals surface area contributed by atoms with E-state index in [1.54, 1.807) is 12.1 Å². The Morgan fingerprint density at radius 3 is 2.58 bits per heavy atom. The first kappa shape index (κ1) is 22.9. The van der Waals surface area contributed by atoms with Gasteiger partial charge in [0.15, 0.2) is 11.5 Å². The predicted molar refractivity (Wildman–Crippen MR) is 122 cm³/mol. The summed E-state index contributed by atoms with van der Waals surface area (Å²) >= 11 is 8.64. The lowest BCUT2D eigenvalue weighted by atomic mass is 10.1. The molecule has 3 rings (SSSR count). The number of urea groups is 1. The average molecular weight is 557 g/mol. The molecule has 2 aromatic carbocycles. The first-order valence-electron chi connectivity index (χ1n) is 9.18. The Morgan fingerprint density at radius 1 is 1.23 bits per heavy atom. The Morgan fingerprint density at radius 2 is 1.94 bits per heavy atom. The molecule has 2 N–H and O–H groups in total. The van der Waals surface area contributed by atoms with Gasteiger partial charge in [0.2, 0.25) is 0 Å². The lowest BCUT2D eigenvalue weighted by Crippen LogP contribution is -2.35. The smallest absolute Gasteiger partial charge is 0.329 e. The van der Waals surface area contributed by atoms with Gasteiger partial charge in [-0.3, -0.25) is 9.59 Å². The van der Waals surface area contributed by atoms with Crippen LogP contribution in [0.25, 0.3) is 6.08 Å². The van der Waals surface area contributed by atoms with Crippen LogP contribution in [0.5, 0.6) is 11.5 Å². The maximum atomic E-state index is 12.3. The third kappa shape index (κ3) is 5.67. The monoisotopic (exact) mass is 556 g/mol. The van der Waals surface area contributed by atoms with Gasteiger partial charge in [0.25, 0.3) is 5.91 Å². The predicted octanol–water partition coefficient (Wildman–Crippen LogP) is 3.90. The molecule has 0 unspecified atom stereocenters. The first-order chi connectivity index (χ1) is 14.8. The second-order valence-corrected chi connectivity index (χ2v) is 8.10. The number of carbonyl (C=O) groups excluding carboxylic acids is 2. The van der Waals surface area contributed by atoms with E-state index in [9.17, 15) is 14.4 Å². The molecular weight excluding hydrogens is 539 g/mol. The highest BCUT2D eigenvalue weighted by atomic mass is 127. The van der Waals surface area contributed by atoms with Gasteiger partial charge in [-0.2, -0.15) is 0 Å². The van der Waals surface area contributed by atoms with Crippen molar-refractivity contribution >= 4 is 58.2 Å². The summed E-state index contributed by atoms with van der Waals surface area (Å²) in [6, 6.07) is 10.2. The van der Waals surface area contributed by atoms with E-state index in [0.29, 0.717) is 28.6 Å². The van der Waals surface area contributed by atoms with Gasteiger partial charge >= 0.3 is 12.0 Å². The number of ether oxygens (including phenoxy) is 2. The fourth-order valence-corrected chi connectivity index (χ4v) is 3.46. The number of imide groups is 1. The molecule has 1 saturated heterocycles. The quantitative estimate of drug-likeness (QED) is 0.290. The zero-order valence-electron chi connectivity index (χ0n) is 16.4. The van der Waals surface area contributed by atoms with Crippen molar-refractivity contribution in [1.82, 2.24) is 10.2 Å². The number of carboxylic acids is 1. The van der Waals surface area contributed by atoms with E-state index >= 15 is 0 Å². The van der Waals surface area contributed by atoms with Gasteiger partial charge in [-0.05, 0) is 71.0 Å². The maximum Gasteiger partial charge on any atom is 0.329 e. The summed E-state index contributed by atoms with van der Waals surface area (Å²) in [5, 5.41) is 11.5. The van der Waals surface area contributed by atoms with Crippen LogP contribution in [0.4, 0.5) is 4.79 Å². The number of nitrogens with one attached hydrogen (secondary N) is 1. The summed E-state index contributed by atoms with van der Waals surface area (Å²) in [6.45, 7) is 1.73. The standard InChI is InChI=1S/C21H18ClIN2O6/c1-2-30-17-9-13(8-16-20(28)25(10-18(26)27)21(29)24-16)7-15(22)19(17)31-11-12-3-5-14(23)6-4-12/h3-9H,2,10-11H2,1H3,(H,24,29)(H,26,27)/b16-8+. The number of hydrogen-bond donors (Lipinski definition) is 2. The molecule has 0 aromatic heterocycles. The van der Waals surface area contributed by atoms with Crippen molar-refractivity contribution in [1.29, 1.82) is 0 Å². The second kappa shape index (κ2) is 10.0. The van der Waals surface area contributed by atoms with E-state index in [-0.39, 0.29) is 17.3 Å². The van der Waals surface area contributed by atoms with Gasteiger partial charge in [-0.25, -0.2) is 9.69 Å². The second-order valence-electron chi connectivity index (χ2n) is 6.45. The molecule has 0 radical (unpaired) electrons. The van der Waals surface area contributed by atoms with Crippen molar-refractivity contribution in [2.24, 2.45) is 0 Å². The Hall–Kier alpha value is -2.79. The Kier molecular flexibility index (Phi) is 7.39. The van der Waals surface area contributed by atoms with Crippen LogP contribution in [0.15, 0.2) is 42.1 Å². The highest BCUT2D eigenvalue weighted by Crippen LogP contribution is 2.38. The van der Waals surface area contributed by atoms with Crippen molar-refractivity contribution in [2.75, 3.05) is 13.2 Å². The molecule has 1 heterocycles. The molecule has 31 heavy (non-hydrogen) atoms. The van der Waals surface area contributed by atoms with Crippen LogP contribution >= 0.6 is 34.2 Å². The fraction of sp³-hybridized carbons (Fsp3) is 0.190. The van der Waals surface area contributed by atoms with Crippen LogP contribution in [-0.4, -0.2) is 41.1 Å². The molecule has 3 amide bonds. The van der Waals surface area contributed by atoms with Gasteiger partial charge < -0.3 is 19.9 Å². The van der Waals surface area contributed by atoms with E-state index in [1.807, 2.05) is 31.2 Å². The molecular formula is C21H18ClIN2O6. The van der Waals surface area contributed by atoms with Crippen LogP contribution in [-0.2, 0) is 16.2 Å². The number of rotatable bonds is 8. The molecule has 10 heteroatoms.